The fourth-order valence-corrected chi connectivity index (χ4v) is 2.45. The molecule has 2 heteroatoms. The topological polar surface area (TPSA) is 20.2 Å². The molecule has 0 aliphatic heterocycles. The molecule has 0 aliphatic rings. The van der Waals surface area contributed by atoms with Crippen LogP contribution < -0.4 is 0 Å². The summed E-state index contributed by atoms with van der Waals surface area (Å²) in [6, 6.07) is 10.4. The van der Waals surface area contributed by atoms with Crippen molar-refractivity contribution in [3.8, 4) is 0 Å². The lowest BCUT2D eigenvalue weighted by atomic mass is 10.0. The fourth-order valence-electron chi connectivity index (χ4n) is 1.58. The Hall–Kier alpha value is -0.730. The van der Waals surface area contributed by atoms with Crippen LogP contribution in [0.2, 0.25) is 0 Å². The van der Waals surface area contributed by atoms with Crippen LogP contribution in [0.5, 0.6) is 0 Å². The summed E-state index contributed by atoms with van der Waals surface area (Å²) in [4.78, 5) is 1.30. The maximum absolute atomic E-state index is 9.92. The summed E-state index contributed by atoms with van der Waals surface area (Å²) in [6.07, 6.45) is 5.61. The predicted octanol–water partition coefficient (Wildman–Crippen LogP) is 3.89. The van der Waals surface area contributed by atoms with Crippen molar-refractivity contribution >= 4 is 11.8 Å². The van der Waals surface area contributed by atoms with E-state index in [1.165, 1.54) is 4.90 Å². The van der Waals surface area contributed by atoms with Gasteiger partial charge in [0, 0.05) is 4.90 Å². The van der Waals surface area contributed by atoms with Crippen molar-refractivity contribution < 1.29 is 5.11 Å². The Kier molecular flexibility index (Phi) is 5.64. The Morgan fingerprint density at radius 2 is 2.00 bits per heavy atom. The molecule has 1 aromatic carbocycles. The van der Waals surface area contributed by atoms with Crippen LogP contribution in [0.4, 0.5) is 0 Å². The van der Waals surface area contributed by atoms with Gasteiger partial charge in [0.2, 0.25) is 0 Å². The average molecular weight is 236 g/mol. The van der Waals surface area contributed by atoms with E-state index in [9.17, 15) is 5.11 Å². The Morgan fingerprint density at radius 3 is 2.62 bits per heavy atom. The minimum Gasteiger partial charge on any atom is -0.386 e. The summed E-state index contributed by atoms with van der Waals surface area (Å²) < 4.78 is 0. The maximum atomic E-state index is 9.92. The van der Waals surface area contributed by atoms with E-state index >= 15 is 0 Å². The lowest BCUT2D eigenvalue weighted by Gasteiger charge is -2.18. The smallest absolute Gasteiger partial charge is 0.0799 e. The number of thioether (sulfide) groups is 1. The van der Waals surface area contributed by atoms with Crippen LogP contribution in [-0.2, 0) is 0 Å². The molecule has 0 heterocycles. The standard InChI is InChI=1S/C14H20OS/c1-3-10-14(2,15)11-7-12-16-13-8-5-4-6-9-13/h3-6,8-10,15H,7,11-12H2,1-2H3/b10-3+. The SMILES string of the molecule is C/C=C/C(C)(O)CCCSc1ccccc1. The molecular weight excluding hydrogens is 216 g/mol. The number of allylic oxidation sites excluding steroid dienone is 1. The number of rotatable bonds is 6. The van der Waals surface area contributed by atoms with Gasteiger partial charge in [-0.25, -0.2) is 0 Å². The molecule has 0 aliphatic carbocycles. The van der Waals surface area contributed by atoms with Gasteiger partial charge < -0.3 is 5.11 Å². The molecule has 1 aromatic rings. The predicted molar refractivity (Wildman–Crippen MR) is 71.8 cm³/mol. The Morgan fingerprint density at radius 1 is 1.31 bits per heavy atom. The fraction of sp³-hybridized carbons (Fsp3) is 0.429. The van der Waals surface area contributed by atoms with Crippen LogP contribution in [-0.4, -0.2) is 16.5 Å². The monoisotopic (exact) mass is 236 g/mol. The molecular formula is C14H20OS. The zero-order valence-corrected chi connectivity index (χ0v) is 10.8. The first kappa shape index (κ1) is 13.3. The molecule has 0 spiro atoms. The van der Waals surface area contributed by atoms with E-state index in [0.717, 1.165) is 18.6 Å². The molecule has 1 atom stereocenters. The molecule has 0 amide bonds. The first-order chi connectivity index (χ1) is 7.64. The van der Waals surface area contributed by atoms with E-state index in [-0.39, 0.29) is 0 Å². The van der Waals surface area contributed by atoms with Gasteiger partial charge in [-0.2, -0.15) is 0 Å². The molecule has 0 bridgehead atoms. The Labute approximate surface area is 103 Å². The lowest BCUT2D eigenvalue weighted by molar-refractivity contribution is 0.101. The highest BCUT2D eigenvalue weighted by Crippen LogP contribution is 2.21. The third-order valence-electron chi connectivity index (χ3n) is 2.36. The van der Waals surface area contributed by atoms with Crippen LogP contribution in [0.25, 0.3) is 0 Å². The van der Waals surface area contributed by atoms with Crippen LogP contribution in [0.15, 0.2) is 47.4 Å². The van der Waals surface area contributed by atoms with Crippen LogP contribution in [0, 0.1) is 0 Å². The molecule has 0 fully saturated rings. The van der Waals surface area contributed by atoms with Gasteiger partial charge in [-0.1, -0.05) is 30.4 Å². The highest BCUT2D eigenvalue weighted by Gasteiger charge is 2.14. The van der Waals surface area contributed by atoms with Crippen molar-refractivity contribution in [2.24, 2.45) is 0 Å². The summed E-state index contributed by atoms with van der Waals surface area (Å²) in [5.74, 6) is 1.05. The van der Waals surface area contributed by atoms with Crippen molar-refractivity contribution in [3.63, 3.8) is 0 Å². The average Bonchev–Trinajstić information content (AvgIpc) is 2.26. The van der Waals surface area contributed by atoms with Gasteiger partial charge in [-0.15, -0.1) is 11.8 Å². The summed E-state index contributed by atoms with van der Waals surface area (Å²) in [5, 5.41) is 9.92. The van der Waals surface area contributed by atoms with Crippen molar-refractivity contribution in [1.82, 2.24) is 0 Å². The van der Waals surface area contributed by atoms with Gasteiger partial charge >= 0.3 is 0 Å². The second-order valence-electron chi connectivity index (χ2n) is 4.12. The lowest BCUT2D eigenvalue weighted by Crippen LogP contribution is -2.20. The molecule has 1 N–H and O–H groups in total. The van der Waals surface area contributed by atoms with Gasteiger partial charge in [-0.05, 0) is 44.6 Å². The Balaban J connectivity index is 2.22. The van der Waals surface area contributed by atoms with Crippen molar-refractivity contribution in [1.29, 1.82) is 0 Å². The van der Waals surface area contributed by atoms with E-state index < -0.39 is 5.60 Å². The van der Waals surface area contributed by atoms with Crippen LogP contribution in [0.1, 0.15) is 26.7 Å². The normalized spacial score (nSPS) is 15.2. The van der Waals surface area contributed by atoms with Gasteiger partial charge in [-0.3, -0.25) is 0 Å². The van der Waals surface area contributed by atoms with E-state index in [0.29, 0.717) is 0 Å². The van der Waals surface area contributed by atoms with E-state index in [1.807, 2.05) is 43.8 Å². The van der Waals surface area contributed by atoms with E-state index in [1.54, 1.807) is 0 Å². The van der Waals surface area contributed by atoms with Crippen molar-refractivity contribution in [2.45, 2.75) is 37.2 Å². The molecule has 1 nitrogen and oxygen atoms in total. The molecule has 16 heavy (non-hydrogen) atoms. The minimum atomic E-state index is -0.647. The number of hydrogen-bond donors (Lipinski definition) is 1. The van der Waals surface area contributed by atoms with Crippen molar-refractivity contribution in [2.75, 3.05) is 5.75 Å². The largest absolute Gasteiger partial charge is 0.386 e. The van der Waals surface area contributed by atoms with E-state index in [2.05, 4.69) is 24.3 Å². The summed E-state index contributed by atoms with van der Waals surface area (Å²) in [6.45, 7) is 3.80. The first-order valence-corrected chi connectivity index (χ1v) is 6.67. The van der Waals surface area contributed by atoms with Gasteiger partial charge in [0.15, 0.2) is 0 Å². The number of hydrogen-bond acceptors (Lipinski definition) is 2. The molecule has 0 aromatic heterocycles. The second-order valence-corrected chi connectivity index (χ2v) is 5.29. The minimum absolute atomic E-state index is 0.647. The maximum Gasteiger partial charge on any atom is 0.0799 e. The van der Waals surface area contributed by atoms with Gasteiger partial charge in [0.25, 0.3) is 0 Å². The second kappa shape index (κ2) is 6.77. The van der Waals surface area contributed by atoms with Crippen LogP contribution in [0.3, 0.4) is 0 Å². The summed E-state index contributed by atoms with van der Waals surface area (Å²) >= 11 is 1.84. The first-order valence-electron chi connectivity index (χ1n) is 5.68. The highest BCUT2D eigenvalue weighted by atomic mass is 32.2. The quantitative estimate of drug-likeness (QED) is 0.459. The molecule has 88 valence electrons. The third-order valence-corrected chi connectivity index (χ3v) is 3.46. The van der Waals surface area contributed by atoms with Gasteiger partial charge in [0.05, 0.1) is 5.60 Å². The molecule has 1 rings (SSSR count). The molecule has 1 unspecified atom stereocenters. The van der Waals surface area contributed by atoms with Crippen molar-refractivity contribution in [3.05, 3.63) is 42.5 Å². The van der Waals surface area contributed by atoms with Gasteiger partial charge in [0.1, 0.15) is 0 Å². The zero-order chi connectivity index (χ0) is 11.9. The summed E-state index contributed by atoms with van der Waals surface area (Å²) in [7, 11) is 0. The number of aliphatic hydroxyl groups is 1. The summed E-state index contributed by atoms with van der Waals surface area (Å²) in [5.41, 5.74) is -0.647. The molecule has 0 saturated heterocycles. The number of benzene rings is 1. The third kappa shape index (κ3) is 5.38. The molecule has 0 radical (unpaired) electrons. The highest BCUT2D eigenvalue weighted by molar-refractivity contribution is 7.99. The van der Waals surface area contributed by atoms with E-state index in [4.69, 9.17) is 0 Å². The zero-order valence-electron chi connectivity index (χ0n) is 10.0. The Bertz CT molecular complexity index is 317. The van der Waals surface area contributed by atoms with Crippen LogP contribution >= 0.6 is 11.8 Å². The molecule has 0 saturated carbocycles.